The smallest absolute Gasteiger partial charge is 0.221 e. The summed E-state index contributed by atoms with van der Waals surface area (Å²) < 4.78 is 41.9. The maximum absolute atomic E-state index is 14.5. The molecular weight excluding hydrogens is 415 g/mol. The number of carbonyl (C=O) groups excluding carboxylic acids is 1. The van der Waals surface area contributed by atoms with E-state index in [4.69, 9.17) is 0 Å². The normalized spacial score (nSPS) is 21.1. The van der Waals surface area contributed by atoms with Crippen LogP contribution in [0.5, 0.6) is 0 Å². The van der Waals surface area contributed by atoms with Crippen LogP contribution in [0.4, 0.5) is 13.2 Å². The van der Waals surface area contributed by atoms with E-state index in [0.717, 1.165) is 36.8 Å². The van der Waals surface area contributed by atoms with E-state index < -0.39 is 11.6 Å². The Morgan fingerprint density at radius 1 is 1.03 bits per heavy atom. The zero-order valence-corrected chi connectivity index (χ0v) is 17.8. The topological polar surface area (TPSA) is 48.1 Å². The van der Waals surface area contributed by atoms with Gasteiger partial charge in [-0.05, 0) is 86.1 Å². The summed E-state index contributed by atoms with van der Waals surface area (Å²) in [5, 5.41) is 3.60. The summed E-state index contributed by atoms with van der Waals surface area (Å²) in [5.74, 6) is -1.54. The summed E-state index contributed by atoms with van der Waals surface area (Å²) in [6.45, 7) is 2.93. The minimum atomic E-state index is -0.652. The van der Waals surface area contributed by atoms with E-state index in [-0.39, 0.29) is 29.2 Å². The van der Waals surface area contributed by atoms with Crippen molar-refractivity contribution in [1.82, 2.24) is 15.2 Å². The summed E-state index contributed by atoms with van der Waals surface area (Å²) in [6, 6.07) is 8.23. The fraction of sp³-hybridized carbons (Fsp3) is 0.400. The van der Waals surface area contributed by atoms with Crippen LogP contribution in [0.3, 0.4) is 0 Å². The van der Waals surface area contributed by atoms with Crippen molar-refractivity contribution in [2.45, 2.75) is 44.1 Å². The maximum Gasteiger partial charge on any atom is 0.221 e. The average molecular weight is 441 g/mol. The third-order valence-corrected chi connectivity index (χ3v) is 6.76. The number of rotatable bonds is 6. The largest absolute Gasteiger partial charge is 0.353 e. The minimum absolute atomic E-state index is 0.0499. The third-order valence-electron chi connectivity index (χ3n) is 6.76. The van der Waals surface area contributed by atoms with Gasteiger partial charge in [0.05, 0.1) is 11.2 Å². The van der Waals surface area contributed by atoms with Crippen molar-refractivity contribution in [1.29, 1.82) is 0 Å². The number of amides is 1. The molecular formula is C25H26F3N3O. The number of aromatic amines is 1. The standard InChI is InChI=1S/C25H26F3N3O/c26-17-5-3-15(4-6-17)24-23(20-13-18(27)14-21(28)25(20)30-24)16-11-19(12-16)29-22(32)7-10-31-8-1-2-9-31/h3-6,13-14,16,19,30H,1-2,7-12H2,(H,29,32). The number of nitrogens with one attached hydrogen (secondary N) is 2. The highest BCUT2D eigenvalue weighted by atomic mass is 19.1. The second kappa shape index (κ2) is 8.62. The van der Waals surface area contributed by atoms with Crippen LogP contribution < -0.4 is 5.32 Å². The lowest BCUT2D eigenvalue weighted by atomic mass is 9.74. The summed E-state index contributed by atoms with van der Waals surface area (Å²) in [4.78, 5) is 17.7. The highest BCUT2D eigenvalue weighted by Crippen LogP contribution is 2.45. The predicted octanol–water partition coefficient (Wildman–Crippen LogP) is 5.10. The molecule has 3 aromatic rings. The summed E-state index contributed by atoms with van der Waals surface area (Å²) in [6.07, 6.45) is 4.30. The Bertz CT molecular complexity index is 1130. The summed E-state index contributed by atoms with van der Waals surface area (Å²) >= 11 is 0. The molecule has 2 N–H and O–H groups in total. The molecule has 1 saturated carbocycles. The van der Waals surface area contributed by atoms with E-state index in [1.165, 1.54) is 31.0 Å². The van der Waals surface area contributed by atoms with Crippen molar-refractivity contribution in [2.24, 2.45) is 0 Å². The third kappa shape index (κ3) is 4.13. The number of halogens is 3. The van der Waals surface area contributed by atoms with Gasteiger partial charge in [0.2, 0.25) is 5.91 Å². The highest BCUT2D eigenvalue weighted by Gasteiger charge is 2.35. The first kappa shape index (κ1) is 21.1. The first-order chi connectivity index (χ1) is 15.5. The molecule has 1 aliphatic carbocycles. The Labute approximate surface area is 184 Å². The number of carbonyl (C=O) groups is 1. The lowest BCUT2D eigenvalue weighted by molar-refractivity contribution is -0.122. The number of nitrogens with zero attached hydrogens (tertiary/aromatic N) is 1. The number of H-pyrrole nitrogens is 1. The van der Waals surface area contributed by atoms with Crippen LogP contribution in [-0.2, 0) is 4.79 Å². The lowest BCUT2D eigenvalue weighted by Crippen LogP contribution is -2.44. The zero-order valence-electron chi connectivity index (χ0n) is 17.8. The van der Waals surface area contributed by atoms with Gasteiger partial charge in [-0.2, -0.15) is 0 Å². The number of hydrogen-bond donors (Lipinski definition) is 2. The van der Waals surface area contributed by atoms with E-state index in [1.54, 1.807) is 12.1 Å². The molecule has 5 rings (SSSR count). The maximum atomic E-state index is 14.5. The molecule has 0 bridgehead atoms. The van der Waals surface area contributed by atoms with Gasteiger partial charge < -0.3 is 15.2 Å². The van der Waals surface area contributed by atoms with Gasteiger partial charge >= 0.3 is 0 Å². The van der Waals surface area contributed by atoms with Crippen LogP contribution in [0.1, 0.15) is 43.6 Å². The van der Waals surface area contributed by atoms with E-state index >= 15 is 0 Å². The predicted molar refractivity (Wildman–Crippen MR) is 118 cm³/mol. The second-order valence-corrected chi connectivity index (χ2v) is 8.96. The Morgan fingerprint density at radius 3 is 2.47 bits per heavy atom. The van der Waals surface area contributed by atoms with Crippen LogP contribution in [0, 0.1) is 17.5 Å². The highest BCUT2D eigenvalue weighted by molar-refractivity contribution is 5.92. The Kier molecular flexibility index (Phi) is 5.67. The number of likely N-dealkylation sites (tertiary alicyclic amines) is 1. The molecule has 0 atom stereocenters. The Hall–Kier alpha value is -2.80. The first-order valence-electron chi connectivity index (χ1n) is 11.3. The van der Waals surface area contributed by atoms with Crippen molar-refractivity contribution in [2.75, 3.05) is 19.6 Å². The van der Waals surface area contributed by atoms with Crippen LogP contribution in [-0.4, -0.2) is 41.5 Å². The van der Waals surface area contributed by atoms with Crippen molar-refractivity contribution >= 4 is 16.8 Å². The Balaban J connectivity index is 1.34. The second-order valence-electron chi connectivity index (χ2n) is 8.96. The molecule has 32 heavy (non-hydrogen) atoms. The van der Waals surface area contributed by atoms with Crippen LogP contribution >= 0.6 is 0 Å². The molecule has 1 amide bonds. The van der Waals surface area contributed by atoms with Gasteiger partial charge in [-0.15, -0.1) is 0 Å². The van der Waals surface area contributed by atoms with Gasteiger partial charge in [-0.3, -0.25) is 4.79 Å². The van der Waals surface area contributed by atoms with E-state index in [9.17, 15) is 18.0 Å². The van der Waals surface area contributed by atoms with E-state index in [2.05, 4.69) is 15.2 Å². The number of aromatic nitrogens is 1. The molecule has 2 heterocycles. The van der Waals surface area contributed by atoms with Gasteiger partial charge in [0.1, 0.15) is 17.5 Å². The van der Waals surface area contributed by atoms with Crippen molar-refractivity contribution in [3.63, 3.8) is 0 Å². The van der Waals surface area contributed by atoms with Crippen molar-refractivity contribution in [3.05, 3.63) is 59.4 Å². The number of benzene rings is 2. The number of hydrogen-bond acceptors (Lipinski definition) is 2. The van der Waals surface area contributed by atoms with Crippen molar-refractivity contribution < 1.29 is 18.0 Å². The van der Waals surface area contributed by atoms with Crippen LogP contribution in [0.2, 0.25) is 0 Å². The molecule has 4 nitrogen and oxygen atoms in total. The molecule has 2 aromatic carbocycles. The van der Waals surface area contributed by atoms with Gasteiger partial charge in [-0.1, -0.05) is 0 Å². The SMILES string of the molecule is O=C(CCN1CCCC1)NC1CC(c2c(-c3ccc(F)cc3)[nH]c3c(F)cc(F)cc23)C1. The molecule has 1 aliphatic heterocycles. The molecule has 1 saturated heterocycles. The molecule has 2 fully saturated rings. The number of fused-ring (bicyclic) bond motifs is 1. The van der Waals surface area contributed by atoms with E-state index in [0.29, 0.717) is 30.3 Å². The van der Waals surface area contributed by atoms with Gasteiger partial charge in [0.15, 0.2) is 0 Å². The van der Waals surface area contributed by atoms with E-state index in [1.807, 2.05) is 0 Å². The first-order valence-corrected chi connectivity index (χ1v) is 11.3. The summed E-state index contributed by atoms with van der Waals surface area (Å²) in [7, 11) is 0. The fourth-order valence-corrected chi connectivity index (χ4v) is 5.05. The van der Waals surface area contributed by atoms with Crippen molar-refractivity contribution in [3.8, 4) is 11.3 Å². The molecule has 0 radical (unpaired) electrons. The average Bonchev–Trinajstić information content (AvgIpc) is 3.38. The van der Waals surface area contributed by atoms with Crippen LogP contribution in [0.25, 0.3) is 22.2 Å². The summed E-state index contributed by atoms with van der Waals surface area (Å²) in [5.41, 5.74) is 2.47. The van der Waals surface area contributed by atoms with Gasteiger partial charge in [0, 0.05) is 30.5 Å². The molecule has 0 spiro atoms. The lowest BCUT2D eigenvalue weighted by Gasteiger charge is -2.36. The minimum Gasteiger partial charge on any atom is -0.353 e. The molecule has 168 valence electrons. The van der Waals surface area contributed by atoms with Gasteiger partial charge in [-0.25, -0.2) is 13.2 Å². The zero-order chi connectivity index (χ0) is 22.2. The molecule has 2 aliphatic rings. The monoisotopic (exact) mass is 441 g/mol. The molecule has 1 aromatic heterocycles. The molecule has 0 unspecified atom stereocenters. The van der Waals surface area contributed by atoms with Crippen LogP contribution in [0.15, 0.2) is 36.4 Å². The fourth-order valence-electron chi connectivity index (χ4n) is 5.05. The van der Waals surface area contributed by atoms with Gasteiger partial charge in [0.25, 0.3) is 0 Å². The molecule has 7 heteroatoms. The quantitative estimate of drug-likeness (QED) is 0.559. The Morgan fingerprint density at radius 2 is 1.75 bits per heavy atom.